The van der Waals surface area contributed by atoms with Crippen LogP contribution in [0, 0.1) is 0 Å². The summed E-state index contributed by atoms with van der Waals surface area (Å²) in [6.45, 7) is 2.43. The molecule has 0 fully saturated rings. The number of nitrogens with one attached hydrogen (secondary N) is 2. The first-order valence-electron chi connectivity index (χ1n) is 9.04. The molecular weight excluding hydrogens is 356 g/mol. The lowest BCUT2D eigenvalue weighted by Gasteiger charge is -2.14. The Labute approximate surface area is 163 Å². The molecular formula is C21H22N4O3. The third-order valence-corrected chi connectivity index (χ3v) is 4.49. The van der Waals surface area contributed by atoms with Crippen LogP contribution in [-0.4, -0.2) is 35.5 Å². The summed E-state index contributed by atoms with van der Waals surface area (Å²) in [4.78, 5) is 29.3. The van der Waals surface area contributed by atoms with Gasteiger partial charge in [-0.05, 0) is 24.1 Å². The topological polar surface area (TPSA) is 97.1 Å². The Hall–Kier alpha value is -3.48. The highest BCUT2D eigenvalue weighted by atomic mass is 16.5. The lowest BCUT2D eigenvalue weighted by molar-refractivity contribution is 0.0954. The zero-order valence-electron chi connectivity index (χ0n) is 15.8. The van der Waals surface area contributed by atoms with Gasteiger partial charge in [-0.2, -0.15) is 0 Å². The molecule has 2 heterocycles. The normalized spacial score (nSPS) is 11.6. The molecule has 2 amide bonds. The van der Waals surface area contributed by atoms with E-state index in [1.54, 1.807) is 18.5 Å². The van der Waals surface area contributed by atoms with Gasteiger partial charge in [-0.1, -0.05) is 42.4 Å². The van der Waals surface area contributed by atoms with Gasteiger partial charge < -0.3 is 15.2 Å². The van der Waals surface area contributed by atoms with Gasteiger partial charge in [-0.3, -0.25) is 9.59 Å². The first-order valence-corrected chi connectivity index (χ1v) is 9.04. The van der Waals surface area contributed by atoms with Crippen LogP contribution in [0.15, 0.2) is 59.4 Å². The number of carbonyl (C=O) groups excluding carboxylic acids is 2. The molecule has 28 heavy (non-hydrogen) atoms. The molecule has 0 saturated heterocycles. The van der Waals surface area contributed by atoms with Crippen molar-refractivity contribution in [3.8, 4) is 0 Å². The van der Waals surface area contributed by atoms with Crippen molar-refractivity contribution in [1.82, 2.24) is 20.8 Å². The summed E-state index contributed by atoms with van der Waals surface area (Å²) in [5, 5.41) is 9.06. The maximum Gasteiger partial charge on any atom is 0.269 e. The van der Waals surface area contributed by atoms with Crippen LogP contribution in [-0.2, 0) is 6.42 Å². The molecule has 0 aliphatic carbocycles. The molecule has 3 rings (SSSR count). The number of carbonyl (C=O) groups is 2. The van der Waals surface area contributed by atoms with E-state index in [1.807, 2.05) is 37.3 Å². The number of amides is 2. The minimum atomic E-state index is -0.333. The average molecular weight is 378 g/mol. The molecule has 1 aromatic carbocycles. The Morgan fingerprint density at radius 3 is 2.61 bits per heavy atom. The standard InChI is InChI=1S/C21H22N4O3/c1-14(16-6-4-3-5-7-16)18-10-17(11-19(25-18)21(27)22-2)20(26)23-9-8-15-12-24-28-13-15/h3-7,10-14H,8-9H2,1-2H3,(H,22,27)(H,23,26). The van der Waals surface area contributed by atoms with E-state index in [0.29, 0.717) is 24.2 Å². The van der Waals surface area contributed by atoms with E-state index in [9.17, 15) is 9.59 Å². The molecule has 1 atom stereocenters. The van der Waals surface area contributed by atoms with Crippen molar-refractivity contribution in [3.05, 3.63) is 83.0 Å². The second kappa shape index (κ2) is 8.94. The lowest BCUT2D eigenvalue weighted by atomic mass is 9.96. The van der Waals surface area contributed by atoms with Gasteiger partial charge in [0.25, 0.3) is 11.8 Å². The molecule has 2 aromatic heterocycles. The lowest BCUT2D eigenvalue weighted by Crippen LogP contribution is -2.27. The summed E-state index contributed by atoms with van der Waals surface area (Å²) in [5.41, 5.74) is 3.24. The van der Waals surface area contributed by atoms with Gasteiger partial charge in [0.1, 0.15) is 12.0 Å². The summed E-state index contributed by atoms with van der Waals surface area (Å²) in [5.74, 6) is -0.652. The maximum atomic E-state index is 12.6. The fraction of sp³-hybridized carbons (Fsp3) is 0.238. The Morgan fingerprint density at radius 2 is 1.93 bits per heavy atom. The van der Waals surface area contributed by atoms with Crippen molar-refractivity contribution in [2.75, 3.05) is 13.6 Å². The molecule has 0 aliphatic rings. The molecule has 1 unspecified atom stereocenters. The van der Waals surface area contributed by atoms with Crippen LogP contribution >= 0.6 is 0 Å². The van der Waals surface area contributed by atoms with Crippen LogP contribution in [0.3, 0.4) is 0 Å². The van der Waals surface area contributed by atoms with Crippen molar-refractivity contribution < 1.29 is 14.1 Å². The van der Waals surface area contributed by atoms with Crippen LogP contribution < -0.4 is 10.6 Å². The van der Waals surface area contributed by atoms with Crippen molar-refractivity contribution in [2.45, 2.75) is 19.3 Å². The van der Waals surface area contributed by atoms with Gasteiger partial charge in [-0.15, -0.1) is 0 Å². The SMILES string of the molecule is CNC(=O)c1cc(C(=O)NCCc2cnoc2)cc(C(C)c2ccccc2)n1. The highest BCUT2D eigenvalue weighted by Crippen LogP contribution is 2.23. The van der Waals surface area contributed by atoms with Crippen LogP contribution in [0.5, 0.6) is 0 Å². The smallest absolute Gasteiger partial charge is 0.269 e. The number of hydrogen-bond acceptors (Lipinski definition) is 5. The van der Waals surface area contributed by atoms with Crippen molar-refractivity contribution >= 4 is 11.8 Å². The van der Waals surface area contributed by atoms with E-state index in [-0.39, 0.29) is 23.4 Å². The second-order valence-corrected chi connectivity index (χ2v) is 6.42. The Kier molecular flexibility index (Phi) is 6.16. The number of hydrogen-bond donors (Lipinski definition) is 2. The summed E-state index contributed by atoms with van der Waals surface area (Å²) in [6, 6.07) is 13.1. The molecule has 0 radical (unpaired) electrons. The van der Waals surface area contributed by atoms with Crippen molar-refractivity contribution in [1.29, 1.82) is 0 Å². The van der Waals surface area contributed by atoms with E-state index >= 15 is 0 Å². The molecule has 7 nitrogen and oxygen atoms in total. The molecule has 144 valence electrons. The van der Waals surface area contributed by atoms with E-state index in [1.165, 1.54) is 13.1 Å². The summed E-state index contributed by atoms with van der Waals surface area (Å²) >= 11 is 0. The third kappa shape index (κ3) is 4.62. The van der Waals surface area contributed by atoms with E-state index in [2.05, 4.69) is 20.8 Å². The highest BCUT2D eigenvalue weighted by molar-refractivity contribution is 5.98. The largest absolute Gasteiger partial charge is 0.364 e. The number of rotatable bonds is 7. The van der Waals surface area contributed by atoms with Crippen molar-refractivity contribution in [2.24, 2.45) is 0 Å². The van der Waals surface area contributed by atoms with Crippen LogP contribution in [0.4, 0.5) is 0 Å². The van der Waals surface area contributed by atoms with E-state index in [4.69, 9.17) is 4.52 Å². The van der Waals surface area contributed by atoms with Gasteiger partial charge in [-0.25, -0.2) is 4.98 Å². The number of nitrogens with zero attached hydrogens (tertiary/aromatic N) is 2. The van der Waals surface area contributed by atoms with Gasteiger partial charge in [0.2, 0.25) is 0 Å². The first-order chi connectivity index (χ1) is 13.6. The first kappa shape index (κ1) is 19.3. The molecule has 3 aromatic rings. The van der Waals surface area contributed by atoms with Crippen LogP contribution in [0.25, 0.3) is 0 Å². The van der Waals surface area contributed by atoms with Crippen LogP contribution in [0.1, 0.15) is 50.5 Å². The minimum absolute atomic E-state index is 0.0608. The highest BCUT2D eigenvalue weighted by Gasteiger charge is 2.18. The average Bonchev–Trinajstić information content (AvgIpc) is 3.26. The Morgan fingerprint density at radius 1 is 1.14 bits per heavy atom. The quantitative estimate of drug-likeness (QED) is 0.659. The molecule has 0 aliphatic heterocycles. The summed E-state index contributed by atoms with van der Waals surface area (Å²) in [7, 11) is 1.54. The maximum absolute atomic E-state index is 12.6. The summed E-state index contributed by atoms with van der Waals surface area (Å²) in [6.07, 6.45) is 3.76. The number of pyridine rings is 1. The minimum Gasteiger partial charge on any atom is -0.364 e. The Bertz CT molecular complexity index is 940. The third-order valence-electron chi connectivity index (χ3n) is 4.49. The van der Waals surface area contributed by atoms with Crippen molar-refractivity contribution in [3.63, 3.8) is 0 Å². The summed E-state index contributed by atoms with van der Waals surface area (Å²) < 4.78 is 4.78. The van der Waals surface area contributed by atoms with E-state index < -0.39 is 0 Å². The molecule has 2 N–H and O–H groups in total. The predicted molar refractivity (Wildman–Crippen MR) is 104 cm³/mol. The molecule has 0 bridgehead atoms. The second-order valence-electron chi connectivity index (χ2n) is 6.42. The number of benzene rings is 1. The van der Waals surface area contributed by atoms with Gasteiger partial charge in [0, 0.05) is 36.3 Å². The molecule has 0 spiro atoms. The van der Waals surface area contributed by atoms with E-state index in [0.717, 1.165) is 11.1 Å². The Balaban J connectivity index is 1.82. The molecule has 7 heteroatoms. The monoisotopic (exact) mass is 378 g/mol. The van der Waals surface area contributed by atoms with Crippen LogP contribution in [0.2, 0.25) is 0 Å². The van der Waals surface area contributed by atoms with Gasteiger partial charge >= 0.3 is 0 Å². The number of aromatic nitrogens is 2. The fourth-order valence-electron chi connectivity index (χ4n) is 2.83. The molecule has 0 saturated carbocycles. The predicted octanol–water partition coefficient (Wildman–Crippen LogP) is 2.55. The van der Waals surface area contributed by atoms with Gasteiger partial charge in [0.05, 0.1) is 6.20 Å². The zero-order chi connectivity index (χ0) is 19.9. The zero-order valence-corrected chi connectivity index (χ0v) is 15.8. The van der Waals surface area contributed by atoms with Gasteiger partial charge in [0.15, 0.2) is 0 Å². The fourth-order valence-corrected chi connectivity index (χ4v) is 2.83.